The van der Waals surface area contributed by atoms with Crippen molar-refractivity contribution in [3.05, 3.63) is 41.4 Å². The van der Waals surface area contributed by atoms with Gasteiger partial charge >= 0.3 is 0 Å². The third-order valence-corrected chi connectivity index (χ3v) is 3.37. The zero-order valence-electron chi connectivity index (χ0n) is 13.1. The minimum Gasteiger partial charge on any atom is -0.443 e. The van der Waals surface area contributed by atoms with Crippen molar-refractivity contribution in [2.24, 2.45) is 0 Å². The van der Waals surface area contributed by atoms with Crippen LogP contribution in [-0.2, 0) is 4.74 Å². The minimum absolute atomic E-state index is 0.189. The van der Waals surface area contributed by atoms with Crippen LogP contribution in [0.2, 0.25) is 0 Å². The van der Waals surface area contributed by atoms with Crippen molar-refractivity contribution in [1.82, 2.24) is 9.88 Å². The number of carbonyl (C=O) groups is 1. The quantitative estimate of drug-likeness (QED) is 0.803. The van der Waals surface area contributed by atoms with Gasteiger partial charge in [-0.1, -0.05) is 0 Å². The van der Waals surface area contributed by atoms with E-state index in [9.17, 15) is 15.2 Å². The molecule has 23 heavy (non-hydrogen) atoms. The van der Waals surface area contributed by atoms with Gasteiger partial charge in [0, 0.05) is 26.0 Å². The number of methoxy groups -OCH3 is 1. The van der Waals surface area contributed by atoms with Crippen LogP contribution in [0.3, 0.4) is 0 Å². The Kier molecular flexibility index (Phi) is 5.57. The Bertz CT molecular complexity index is 698. The van der Waals surface area contributed by atoms with Crippen molar-refractivity contribution in [3.63, 3.8) is 0 Å². The van der Waals surface area contributed by atoms with Crippen LogP contribution < -0.4 is 5.32 Å². The number of aliphatic hydroxyl groups is 1. The number of amides is 1. The maximum Gasteiger partial charge on any atom is 0.256 e. The smallest absolute Gasteiger partial charge is 0.256 e. The standard InChI is InChI=1S/C16H19N3O4/c1-11-14(15(21)18-6-5-12(20)10-22-2)13(9-17)16(23-11)19-7-3-4-8-19/h3-4,7-8,12,20H,5-6,10H2,1-2H3,(H,18,21). The lowest BCUT2D eigenvalue weighted by Crippen LogP contribution is -2.29. The van der Waals surface area contributed by atoms with Gasteiger partial charge in [-0.15, -0.1) is 0 Å². The molecular formula is C16H19N3O4. The number of aryl methyl sites for hydroxylation is 1. The zero-order chi connectivity index (χ0) is 16.8. The van der Waals surface area contributed by atoms with Gasteiger partial charge in [-0.3, -0.25) is 9.36 Å². The summed E-state index contributed by atoms with van der Waals surface area (Å²) in [6.07, 6.45) is 3.20. The van der Waals surface area contributed by atoms with E-state index in [1.54, 1.807) is 36.0 Å². The lowest BCUT2D eigenvalue weighted by atomic mass is 10.1. The van der Waals surface area contributed by atoms with Gasteiger partial charge in [0.05, 0.1) is 12.7 Å². The van der Waals surface area contributed by atoms with Crippen molar-refractivity contribution in [2.45, 2.75) is 19.4 Å². The first-order valence-electron chi connectivity index (χ1n) is 7.20. The molecule has 2 aromatic heterocycles. The van der Waals surface area contributed by atoms with E-state index in [2.05, 4.69) is 5.32 Å². The number of nitrogens with one attached hydrogen (secondary N) is 1. The lowest BCUT2D eigenvalue weighted by molar-refractivity contribution is 0.0587. The first kappa shape index (κ1) is 16.8. The molecule has 0 saturated carbocycles. The Hall–Kier alpha value is -2.56. The fourth-order valence-corrected chi connectivity index (χ4v) is 2.28. The fraction of sp³-hybridized carbons (Fsp3) is 0.375. The van der Waals surface area contributed by atoms with E-state index >= 15 is 0 Å². The van der Waals surface area contributed by atoms with E-state index in [-0.39, 0.29) is 24.3 Å². The van der Waals surface area contributed by atoms with Crippen LogP contribution in [0.25, 0.3) is 5.88 Å². The number of nitrogens with zero attached hydrogens (tertiary/aromatic N) is 2. The highest BCUT2D eigenvalue weighted by molar-refractivity contribution is 5.98. The number of furan rings is 1. The summed E-state index contributed by atoms with van der Waals surface area (Å²) in [4.78, 5) is 12.3. The molecular weight excluding hydrogens is 298 g/mol. The molecule has 7 heteroatoms. The van der Waals surface area contributed by atoms with Crippen molar-refractivity contribution < 1.29 is 19.1 Å². The SMILES string of the molecule is COCC(O)CCNC(=O)c1c(C)oc(-n2cccc2)c1C#N. The molecule has 2 aromatic rings. The summed E-state index contributed by atoms with van der Waals surface area (Å²) in [5.74, 6) is 0.297. The zero-order valence-corrected chi connectivity index (χ0v) is 13.1. The molecule has 0 aromatic carbocycles. The molecule has 2 rings (SSSR count). The highest BCUT2D eigenvalue weighted by atomic mass is 16.5. The molecule has 0 aliphatic rings. The highest BCUT2D eigenvalue weighted by Gasteiger charge is 2.24. The molecule has 1 amide bonds. The van der Waals surface area contributed by atoms with Crippen molar-refractivity contribution in [2.75, 3.05) is 20.3 Å². The largest absolute Gasteiger partial charge is 0.443 e. The Morgan fingerprint density at radius 2 is 2.22 bits per heavy atom. The highest BCUT2D eigenvalue weighted by Crippen LogP contribution is 2.25. The van der Waals surface area contributed by atoms with Gasteiger partial charge in [-0.2, -0.15) is 5.26 Å². The van der Waals surface area contributed by atoms with E-state index in [0.29, 0.717) is 18.1 Å². The Labute approximate surface area is 134 Å². The molecule has 0 radical (unpaired) electrons. The van der Waals surface area contributed by atoms with Crippen molar-refractivity contribution >= 4 is 5.91 Å². The predicted octanol–water partition coefficient (Wildman–Crippen LogP) is 1.38. The summed E-state index contributed by atoms with van der Waals surface area (Å²) in [6.45, 7) is 2.13. The van der Waals surface area contributed by atoms with Crippen LogP contribution in [-0.4, -0.2) is 41.9 Å². The number of aromatic nitrogens is 1. The molecule has 1 unspecified atom stereocenters. The summed E-state index contributed by atoms with van der Waals surface area (Å²) in [6, 6.07) is 5.63. The van der Waals surface area contributed by atoms with E-state index in [0.717, 1.165) is 0 Å². The molecule has 0 bridgehead atoms. The van der Waals surface area contributed by atoms with Gasteiger partial charge in [0.1, 0.15) is 23.0 Å². The number of carbonyl (C=O) groups excluding carboxylic acids is 1. The molecule has 7 nitrogen and oxygen atoms in total. The number of hydrogen-bond acceptors (Lipinski definition) is 5. The van der Waals surface area contributed by atoms with Crippen LogP contribution in [0.15, 0.2) is 28.9 Å². The number of nitriles is 1. The summed E-state index contributed by atoms with van der Waals surface area (Å²) in [5, 5.41) is 21.6. The Morgan fingerprint density at radius 1 is 1.52 bits per heavy atom. The van der Waals surface area contributed by atoms with Gasteiger partial charge in [-0.05, 0) is 25.5 Å². The van der Waals surface area contributed by atoms with Crippen LogP contribution in [0.5, 0.6) is 0 Å². The van der Waals surface area contributed by atoms with Crippen LogP contribution >= 0.6 is 0 Å². The third kappa shape index (κ3) is 3.80. The van der Waals surface area contributed by atoms with E-state index in [1.165, 1.54) is 7.11 Å². The number of rotatable bonds is 7. The average Bonchev–Trinajstić information content (AvgIpc) is 3.14. The number of ether oxygens (including phenoxy) is 1. The molecule has 1 atom stereocenters. The molecule has 122 valence electrons. The van der Waals surface area contributed by atoms with Crippen LogP contribution in [0, 0.1) is 18.3 Å². The van der Waals surface area contributed by atoms with E-state index < -0.39 is 12.0 Å². The van der Waals surface area contributed by atoms with Gasteiger partial charge in [-0.25, -0.2) is 0 Å². The van der Waals surface area contributed by atoms with Gasteiger partial charge in [0.25, 0.3) is 5.91 Å². The number of aliphatic hydroxyl groups excluding tert-OH is 1. The maximum absolute atomic E-state index is 12.3. The molecule has 0 saturated heterocycles. The van der Waals surface area contributed by atoms with Crippen molar-refractivity contribution in [1.29, 1.82) is 5.26 Å². The Morgan fingerprint density at radius 3 is 2.83 bits per heavy atom. The van der Waals surface area contributed by atoms with Gasteiger partial charge in [0.2, 0.25) is 5.88 Å². The first-order valence-corrected chi connectivity index (χ1v) is 7.20. The van der Waals surface area contributed by atoms with Crippen LogP contribution in [0.1, 0.15) is 28.1 Å². The molecule has 0 fully saturated rings. The van der Waals surface area contributed by atoms with Crippen LogP contribution in [0.4, 0.5) is 0 Å². The molecule has 2 N–H and O–H groups in total. The molecule has 0 aliphatic heterocycles. The second-order valence-electron chi connectivity index (χ2n) is 5.07. The van der Waals surface area contributed by atoms with Gasteiger partial charge in [0.15, 0.2) is 0 Å². The topological polar surface area (TPSA) is 100 Å². The molecule has 0 spiro atoms. The molecule has 2 heterocycles. The first-order chi connectivity index (χ1) is 11.1. The molecule has 0 aliphatic carbocycles. The predicted molar refractivity (Wildman–Crippen MR) is 82.3 cm³/mol. The van der Waals surface area contributed by atoms with Crippen molar-refractivity contribution in [3.8, 4) is 12.0 Å². The second-order valence-corrected chi connectivity index (χ2v) is 5.07. The van der Waals surface area contributed by atoms with E-state index in [1.807, 2.05) is 6.07 Å². The average molecular weight is 317 g/mol. The normalized spacial score (nSPS) is 11.9. The summed E-state index contributed by atoms with van der Waals surface area (Å²) in [5.41, 5.74) is 0.408. The third-order valence-electron chi connectivity index (χ3n) is 3.37. The summed E-state index contributed by atoms with van der Waals surface area (Å²) < 4.78 is 12.0. The monoisotopic (exact) mass is 317 g/mol. The summed E-state index contributed by atoms with van der Waals surface area (Å²) >= 11 is 0. The van der Waals surface area contributed by atoms with Gasteiger partial charge < -0.3 is 19.6 Å². The summed E-state index contributed by atoms with van der Waals surface area (Å²) in [7, 11) is 1.50. The maximum atomic E-state index is 12.3. The van der Waals surface area contributed by atoms with E-state index in [4.69, 9.17) is 9.15 Å². The lowest BCUT2D eigenvalue weighted by Gasteiger charge is -2.09. The minimum atomic E-state index is -0.642. The number of hydrogen-bond donors (Lipinski definition) is 2. The second kappa shape index (κ2) is 7.63. The fourth-order valence-electron chi connectivity index (χ4n) is 2.28. The Balaban J connectivity index is 2.13.